The molecular formula is C14H18N2O3. The van der Waals surface area contributed by atoms with Gasteiger partial charge in [-0.3, -0.25) is 14.6 Å². The number of carboxylic acid groups (broad SMARTS) is 1. The van der Waals surface area contributed by atoms with Crippen LogP contribution >= 0.6 is 0 Å². The first kappa shape index (κ1) is 13.5. The van der Waals surface area contributed by atoms with Crippen molar-refractivity contribution in [1.29, 1.82) is 0 Å². The number of hydrogen-bond acceptors (Lipinski definition) is 3. The Balaban J connectivity index is 1.94. The van der Waals surface area contributed by atoms with Crippen LogP contribution in [0, 0.1) is 17.8 Å². The molecule has 5 nitrogen and oxygen atoms in total. The van der Waals surface area contributed by atoms with E-state index in [9.17, 15) is 9.59 Å². The molecule has 102 valence electrons. The lowest BCUT2D eigenvalue weighted by Crippen LogP contribution is -2.35. The normalized spacial score (nSPS) is 26.1. The summed E-state index contributed by atoms with van der Waals surface area (Å²) in [6, 6.07) is 5.49. The molecule has 1 aromatic heterocycles. The molecule has 3 unspecified atom stereocenters. The molecule has 0 bridgehead atoms. The van der Waals surface area contributed by atoms with Crippen molar-refractivity contribution < 1.29 is 14.7 Å². The average molecular weight is 262 g/mol. The molecule has 1 heterocycles. The van der Waals surface area contributed by atoms with Crippen molar-refractivity contribution in [3.05, 3.63) is 30.1 Å². The number of aliphatic carboxylic acids is 1. The van der Waals surface area contributed by atoms with Crippen LogP contribution in [0.4, 0.5) is 0 Å². The molecule has 1 aliphatic carbocycles. The third kappa shape index (κ3) is 3.30. The van der Waals surface area contributed by atoms with E-state index in [0.717, 1.165) is 5.69 Å². The number of rotatable bonds is 4. The first-order valence-electron chi connectivity index (χ1n) is 6.48. The lowest BCUT2D eigenvalue weighted by Gasteiger charge is -2.15. The van der Waals surface area contributed by atoms with Crippen molar-refractivity contribution in [2.45, 2.75) is 26.3 Å². The third-order valence-corrected chi connectivity index (χ3v) is 3.62. The van der Waals surface area contributed by atoms with Gasteiger partial charge in [-0.1, -0.05) is 13.0 Å². The fourth-order valence-corrected chi connectivity index (χ4v) is 2.67. The van der Waals surface area contributed by atoms with E-state index >= 15 is 0 Å². The molecular weight excluding hydrogens is 244 g/mol. The largest absolute Gasteiger partial charge is 0.481 e. The van der Waals surface area contributed by atoms with Crippen LogP contribution in [0.25, 0.3) is 0 Å². The Kier molecular flexibility index (Phi) is 4.14. The highest BCUT2D eigenvalue weighted by Gasteiger charge is 2.40. The summed E-state index contributed by atoms with van der Waals surface area (Å²) in [5, 5.41) is 11.9. The predicted octanol–water partition coefficient (Wildman–Crippen LogP) is 1.44. The quantitative estimate of drug-likeness (QED) is 0.860. The Morgan fingerprint density at radius 1 is 1.37 bits per heavy atom. The summed E-state index contributed by atoms with van der Waals surface area (Å²) in [7, 11) is 0. The van der Waals surface area contributed by atoms with Crippen LogP contribution in [0.1, 0.15) is 25.5 Å². The Labute approximate surface area is 112 Å². The van der Waals surface area contributed by atoms with Gasteiger partial charge >= 0.3 is 5.97 Å². The van der Waals surface area contributed by atoms with E-state index < -0.39 is 17.8 Å². The Bertz CT molecular complexity index is 461. The van der Waals surface area contributed by atoms with Crippen molar-refractivity contribution in [2.24, 2.45) is 17.8 Å². The standard InChI is InChI=1S/C14H18N2O3/c1-9-6-11(12(7-9)14(18)19)13(17)16-8-10-4-2-3-5-15-10/h2-5,9,11-12H,6-8H2,1H3,(H,16,17)(H,18,19). The maximum Gasteiger partial charge on any atom is 0.307 e. The summed E-state index contributed by atoms with van der Waals surface area (Å²) in [5.74, 6) is -1.74. The van der Waals surface area contributed by atoms with Crippen molar-refractivity contribution in [2.75, 3.05) is 0 Å². The van der Waals surface area contributed by atoms with Gasteiger partial charge < -0.3 is 10.4 Å². The van der Waals surface area contributed by atoms with Gasteiger partial charge in [0.15, 0.2) is 0 Å². The van der Waals surface area contributed by atoms with E-state index in [1.165, 1.54) is 0 Å². The number of pyridine rings is 1. The van der Waals surface area contributed by atoms with Crippen molar-refractivity contribution >= 4 is 11.9 Å². The number of aromatic nitrogens is 1. The molecule has 2 rings (SSSR count). The molecule has 1 fully saturated rings. The minimum absolute atomic E-state index is 0.178. The molecule has 0 aliphatic heterocycles. The summed E-state index contributed by atoms with van der Waals surface area (Å²) >= 11 is 0. The lowest BCUT2D eigenvalue weighted by atomic mass is 9.95. The van der Waals surface area contributed by atoms with Crippen LogP contribution in [0.5, 0.6) is 0 Å². The van der Waals surface area contributed by atoms with Gasteiger partial charge in [0.05, 0.1) is 24.1 Å². The van der Waals surface area contributed by atoms with Gasteiger partial charge in [-0.15, -0.1) is 0 Å². The average Bonchev–Trinajstić information content (AvgIpc) is 2.79. The van der Waals surface area contributed by atoms with Gasteiger partial charge in [0.1, 0.15) is 0 Å². The Morgan fingerprint density at radius 2 is 2.11 bits per heavy atom. The molecule has 1 saturated carbocycles. The molecule has 1 aliphatic rings. The third-order valence-electron chi connectivity index (χ3n) is 3.62. The zero-order valence-electron chi connectivity index (χ0n) is 10.9. The van der Waals surface area contributed by atoms with Gasteiger partial charge in [0, 0.05) is 6.20 Å². The van der Waals surface area contributed by atoms with Crippen LogP contribution in [0.3, 0.4) is 0 Å². The van der Waals surface area contributed by atoms with Crippen molar-refractivity contribution in [3.63, 3.8) is 0 Å². The first-order valence-corrected chi connectivity index (χ1v) is 6.48. The van der Waals surface area contributed by atoms with Gasteiger partial charge in [0.2, 0.25) is 5.91 Å². The molecule has 1 aromatic rings. The van der Waals surface area contributed by atoms with E-state index in [0.29, 0.717) is 19.4 Å². The minimum atomic E-state index is -0.873. The second-order valence-electron chi connectivity index (χ2n) is 5.17. The summed E-state index contributed by atoms with van der Waals surface area (Å²) in [5.41, 5.74) is 0.772. The number of nitrogens with zero attached hydrogens (tertiary/aromatic N) is 1. The lowest BCUT2D eigenvalue weighted by molar-refractivity contribution is -0.146. The Morgan fingerprint density at radius 3 is 2.74 bits per heavy atom. The van der Waals surface area contributed by atoms with Gasteiger partial charge in [-0.25, -0.2) is 0 Å². The van der Waals surface area contributed by atoms with Crippen molar-refractivity contribution in [3.8, 4) is 0 Å². The molecule has 5 heteroatoms. The van der Waals surface area contributed by atoms with Crippen molar-refractivity contribution in [1.82, 2.24) is 10.3 Å². The van der Waals surface area contributed by atoms with E-state index in [4.69, 9.17) is 5.11 Å². The fourth-order valence-electron chi connectivity index (χ4n) is 2.67. The monoisotopic (exact) mass is 262 g/mol. The van der Waals surface area contributed by atoms with Crippen LogP contribution < -0.4 is 5.32 Å². The number of carbonyl (C=O) groups excluding carboxylic acids is 1. The zero-order chi connectivity index (χ0) is 13.8. The maximum atomic E-state index is 12.1. The molecule has 0 aromatic carbocycles. The van der Waals surface area contributed by atoms with E-state index in [-0.39, 0.29) is 11.8 Å². The van der Waals surface area contributed by atoms with E-state index in [1.54, 1.807) is 6.20 Å². The smallest absolute Gasteiger partial charge is 0.307 e. The maximum absolute atomic E-state index is 12.1. The number of carbonyl (C=O) groups is 2. The second-order valence-corrected chi connectivity index (χ2v) is 5.17. The van der Waals surface area contributed by atoms with Crippen LogP contribution in [0.15, 0.2) is 24.4 Å². The van der Waals surface area contributed by atoms with Gasteiger partial charge in [-0.2, -0.15) is 0 Å². The molecule has 3 atom stereocenters. The topological polar surface area (TPSA) is 79.3 Å². The van der Waals surface area contributed by atoms with Gasteiger partial charge in [0.25, 0.3) is 0 Å². The minimum Gasteiger partial charge on any atom is -0.481 e. The number of hydrogen-bond donors (Lipinski definition) is 2. The number of nitrogens with one attached hydrogen (secondary N) is 1. The van der Waals surface area contributed by atoms with Gasteiger partial charge in [-0.05, 0) is 30.9 Å². The number of carboxylic acids is 1. The number of amides is 1. The Hall–Kier alpha value is -1.91. The van der Waals surface area contributed by atoms with Crippen LogP contribution in [0.2, 0.25) is 0 Å². The summed E-state index contributed by atoms with van der Waals surface area (Å²) in [6.45, 7) is 2.33. The molecule has 0 radical (unpaired) electrons. The fraction of sp³-hybridized carbons (Fsp3) is 0.500. The SMILES string of the molecule is CC1CC(C(=O)O)C(C(=O)NCc2ccccn2)C1. The molecule has 0 saturated heterocycles. The molecule has 19 heavy (non-hydrogen) atoms. The first-order chi connectivity index (χ1) is 9.08. The zero-order valence-corrected chi connectivity index (χ0v) is 10.9. The highest BCUT2D eigenvalue weighted by molar-refractivity contribution is 5.85. The summed E-state index contributed by atoms with van der Waals surface area (Å²) in [4.78, 5) is 27.3. The van der Waals surface area contributed by atoms with E-state index in [1.807, 2.05) is 25.1 Å². The highest BCUT2D eigenvalue weighted by Crippen LogP contribution is 2.36. The summed E-state index contributed by atoms with van der Waals surface area (Å²) in [6.07, 6.45) is 2.89. The molecule has 1 amide bonds. The van der Waals surface area contributed by atoms with E-state index in [2.05, 4.69) is 10.3 Å². The van der Waals surface area contributed by atoms with Crippen LogP contribution in [-0.2, 0) is 16.1 Å². The molecule has 2 N–H and O–H groups in total. The highest BCUT2D eigenvalue weighted by atomic mass is 16.4. The molecule has 0 spiro atoms. The second kappa shape index (κ2) is 5.82. The van der Waals surface area contributed by atoms with Crippen LogP contribution in [-0.4, -0.2) is 22.0 Å². The summed E-state index contributed by atoms with van der Waals surface area (Å²) < 4.78 is 0. The predicted molar refractivity (Wildman–Crippen MR) is 69.1 cm³/mol.